The Hall–Kier alpha value is -3.11. The fourth-order valence-electron chi connectivity index (χ4n) is 3.79. The third-order valence-corrected chi connectivity index (χ3v) is 5.56. The van der Waals surface area contributed by atoms with Crippen molar-refractivity contribution < 1.29 is 13.5 Å². The lowest BCUT2D eigenvalue weighted by atomic mass is 9.98. The standard InChI is InChI=1S/C27H25F2NO/c1-31-18-21-6-14-25(30-17-21)13-5-20-7-15-26-23(16-20)10-9-22(27(26)29)8-2-19-3-11-24(28)12-4-19/h3-4,6-7,9-12,14-17H,2,5,8,13,18H2,1H3. The van der Waals surface area contributed by atoms with Crippen molar-refractivity contribution in [3.05, 3.63) is 113 Å². The average molecular weight is 417 g/mol. The van der Waals surface area contributed by atoms with Crippen molar-refractivity contribution in [3.8, 4) is 0 Å². The highest BCUT2D eigenvalue weighted by Crippen LogP contribution is 2.24. The van der Waals surface area contributed by atoms with Gasteiger partial charge in [-0.05, 0) is 71.5 Å². The van der Waals surface area contributed by atoms with E-state index in [1.807, 2.05) is 42.6 Å². The molecule has 4 heteroatoms. The van der Waals surface area contributed by atoms with E-state index in [0.29, 0.717) is 30.4 Å². The first-order valence-corrected chi connectivity index (χ1v) is 10.5. The number of methoxy groups -OCH3 is 1. The summed E-state index contributed by atoms with van der Waals surface area (Å²) in [6, 6.07) is 20.2. The number of benzene rings is 3. The van der Waals surface area contributed by atoms with Crippen LogP contribution in [0.4, 0.5) is 8.78 Å². The van der Waals surface area contributed by atoms with E-state index in [9.17, 15) is 4.39 Å². The number of fused-ring (bicyclic) bond motifs is 1. The number of aryl methyl sites for hydroxylation is 4. The summed E-state index contributed by atoms with van der Waals surface area (Å²) in [5.74, 6) is -0.420. The number of rotatable bonds is 8. The normalized spacial score (nSPS) is 11.2. The van der Waals surface area contributed by atoms with Gasteiger partial charge in [0.25, 0.3) is 0 Å². The Morgan fingerprint density at radius 1 is 0.742 bits per heavy atom. The molecule has 0 spiro atoms. The first-order chi connectivity index (χ1) is 15.1. The predicted octanol–water partition coefficient (Wildman–Crippen LogP) is 6.23. The summed E-state index contributed by atoms with van der Waals surface area (Å²) >= 11 is 0. The molecule has 1 aromatic heterocycles. The molecule has 0 radical (unpaired) electrons. The van der Waals surface area contributed by atoms with E-state index in [-0.39, 0.29) is 11.6 Å². The summed E-state index contributed by atoms with van der Waals surface area (Å²) in [5, 5.41) is 1.55. The van der Waals surface area contributed by atoms with Crippen molar-refractivity contribution in [2.45, 2.75) is 32.3 Å². The van der Waals surface area contributed by atoms with Crippen LogP contribution in [0.2, 0.25) is 0 Å². The second-order valence-corrected chi connectivity index (χ2v) is 7.81. The van der Waals surface area contributed by atoms with Gasteiger partial charge >= 0.3 is 0 Å². The molecule has 0 saturated carbocycles. The highest BCUT2D eigenvalue weighted by molar-refractivity contribution is 5.84. The zero-order valence-electron chi connectivity index (χ0n) is 17.6. The van der Waals surface area contributed by atoms with Crippen LogP contribution in [0.5, 0.6) is 0 Å². The van der Waals surface area contributed by atoms with Crippen molar-refractivity contribution in [2.75, 3.05) is 7.11 Å². The van der Waals surface area contributed by atoms with Crippen molar-refractivity contribution >= 4 is 10.8 Å². The fraction of sp³-hybridized carbons (Fsp3) is 0.222. The molecule has 31 heavy (non-hydrogen) atoms. The number of hydrogen-bond donors (Lipinski definition) is 0. The second-order valence-electron chi connectivity index (χ2n) is 7.81. The molecule has 0 N–H and O–H groups in total. The number of aromatic nitrogens is 1. The van der Waals surface area contributed by atoms with Crippen LogP contribution in [0.15, 0.2) is 72.9 Å². The van der Waals surface area contributed by atoms with Crippen molar-refractivity contribution in [2.24, 2.45) is 0 Å². The molecule has 158 valence electrons. The predicted molar refractivity (Wildman–Crippen MR) is 120 cm³/mol. The quantitative estimate of drug-likeness (QED) is 0.339. The molecule has 0 aliphatic rings. The highest BCUT2D eigenvalue weighted by atomic mass is 19.1. The van der Waals surface area contributed by atoms with Crippen LogP contribution in [0.3, 0.4) is 0 Å². The van der Waals surface area contributed by atoms with Crippen molar-refractivity contribution in [1.29, 1.82) is 0 Å². The molecule has 1 heterocycles. The third kappa shape index (κ3) is 5.33. The SMILES string of the molecule is COCc1ccc(CCc2ccc3c(F)c(CCc4ccc(F)cc4)ccc3c2)nc1. The number of ether oxygens (including phenoxy) is 1. The van der Waals surface area contributed by atoms with Gasteiger partial charge in [-0.1, -0.05) is 48.5 Å². The Bertz CT molecular complexity index is 1150. The van der Waals surface area contributed by atoms with Crippen LogP contribution < -0.4 is 0 Å². The third-order valence-electron chi connectivity index (χ3n) is 5.56. The lowest BCUT2D eigenvalue weighted by Gasteiger charge is -2.09. The summed E-state index contributed by atoms with van der Waals surface area (Å²) in [7, 11) is 1.67. The lowest BCUT2D eigenvalue weighted by molar-refractivity contribution is 0.184. The molecule has 0 aliphatic heterocycles. The van der Waals surface area contributed by atoms with Gasteiger partial charge in [-0.2, -0.15) is 0 Å². The summed E-state index contributed by atoms with van der Waals surface area (Å²) in [4.78, 5) is 4.49. The summed E-state index contributed by atoms with van der Waals surface area (Å²) < 4.78 is 33.2. The molecule has 0 aliphatic carbocycles. The smallest absolute Gasteiger partial charge is 0.134 e. The molecule has 0 atom stereocenters. The summed E-state index contributed by atoms with van der Waals surface area (Å²) in [5.41, 5.74) is 4.93. The van der Waals surface area contributed by atoms with Gasteiger partial charge in [0.15, 0.2) is 0 Å². The van der Waals surface area contributed by atoms with E-state index in [1.54, 1.807) is 19.2 Å². The van der Waals surface area contributed by atoms with E-state index in [1.165, 1.54) is 12.1 Å². The van der Waals surface area contributed by atoms with Crippen LogP contribution in [0, 0.1) is 11.6 Å². The minimum absolute atomic E-state index is 0.165. The Balaban J connectivity index is 1.43. The Morgan fingerprint density at radius 2 is 1.48 bits per heavy atom. The molecule has 0 fully saturated rings. The minimum Gasteiger partial charge on any atom is -0.380 e. The van der Waals surface area contributed by atoms with Crippen LogP contribution >= 0.6 is 0 Å². The van der Waals surface area contributed by atoms with Gasteiger partial charge in [0.2, 0.25) is 0 Å². The maximum atomic E-state index is 15.0. The molecule has 4 aromatic rings. The number of hydrogen-bond acceptors (Lipinski definition) is 2. The molecule has 0 bridgehead atoms. The van der Waals surface area contributed by atoms with E-state index in [2.05, 4.69) is 11.1 Å². The van der Waals surface area contributed by atoms with Crippen molar-refractivity contribution in [1.82, 2.24) is 4.98 Å². The van der Waals surface area contributed by atoms with Gasteiger partial charge in [0, 0.05) is 24.4 Å². The minimum atomic E-state index is -0.254. The summed E-state index contributed by atoms with van der Waals surface area (Å²) in [6.07, 6.45) is 4.79. The maximum absolute atomic E-state index is 15.0. The topological polar surface area (TPSA) is 22.1 Å². The largest absolute Gasteiger partial charge is 0.380 e. The van der Waals surface area contributed by atoms with Gasteiger partial charge < -0.3 is 4.74 Å². The molecule has 0 amide bonds. The fourth-order valence-corrected chi connectivity index (χ4v) is 3.79. The zero-order chi connectivity index (χ0) is 21.6. The van der Waals surface area contributed by atoms with Gasteiger partial charge in [-0.3, -0.25) is 4.98 Å². The van der Waals surface area contributed by atoms with Gasteiger partial charge in [0.1, 0.15) is 11.6 Å². The Labute approximate surface area is 181 Å². The van der Waals surface area contributed by atoms with Gasteiger partial charge in [-0.25, -0.2) is 8.78 Å². The first kappa shape index (κ1) is 21.1. The second kappa shape index (κ2) is 9.80. The average Bonchev–Trinajstić information content (AvgIpc) is 2.79. The molecular weight excluding hydrogens is 392 g/mol. The van der Waals surface area contributed by atoms with E-state index in [4.69, 9.17) is 4.74 Å². The molecule has 0 saturated heterocycles. The van der Waals surface area contributed by atoms with E-state index >= 15 is 4.39 Å². The Kier molecular flexibility index (Phi) is 6.68. The van der Waals surface area contributed by atoms with Crippen LogP contribution in [-0.4, -0.2) is 12.1 Å². The lowest BCUT2D eigenvalue weighted by Crippen LogP contribution is -1.98. The van der Waals surface area contributed by atoms with Gasteiger partial charge in [-0.15, -0.1) is 0 Å². The Morgan fingerprint density at radius 3 is 2.23 bits per heavy atom. The van der Waals surface area contributed by atoms with E-state index < -0.39 is 0 Å². The maximum Gasteiger partial charge on any atom is 0.134 e. The van der Waals surface area contributed by atoms with Crippen LogP contribution in [0.1, 0.15) is 27.9 Å². The van der Waals surface area contributed by atoms with Gasteiger partial charge in [0.05, 0.1) is 6.61 Å². The van der Waals surface area contributed by atoms with Crippen LogP contribution in [-0.2, 0) is 37.0 Å². The summed E-state index contributed by atoms with van der Waals surface area (Å²) in [6.45, 7) is 0.565. The van der Waals surface area contributed by atoms with Crippen LogP contribution in [0.25, 0.3) is 10.8 Å². The van der Waals surface area contributed by atoms with Crippen molar-refractivity contribution in [3.63, 3.8) is 0 Å². The zero-order valence-corrected chi connectivity index (χ0v) is 17.6. The number of pyridine rings is 1. The molecular formula is C27H25F2NO. The molecule has 4 rings (SSSR count). The number of halogens is 2. The monoisotopic (exact) mass is 417 g/mol. The first-order valence-electron chi connectivity index (χ1n) is 10.5. The highest BCUT2D eigenvalue weighted by Gasteiger charge is 2.09. The molecule has 3 aromatic carbocycles. The number of nitrogens with zero attached hydrogens (tertiary/aromatic N) is 1. The van der Waals surface area contributed by atoms with E-state index in [0.717, 1.165) is 40.6 Å². The molecule has 2 nitrogen and oxygen atoms in total. The molecule has 0 unspecified atom stereocenters.